The van der Waals surface area contributed by atoms with Crippen LogP contribution in [0.4, 0.5) is 13.2 Å². The Bertz CT molecular complexity index is 1020. The molecule has 0 aliphatic heterocycles. The van der Waals surface area contributed by atoms with Crippen LogP contribution >= 0.6 is 0 Å². The van der Waals surface area contributed by atoms with Crippen molar-refractivity contribution in [1.82, 2.24) is 9.88 Å². The van der Waals surface area contributed by atoms with Crippen LogP contribution in [0.25, 0.3) is 10.9 Å². The van der Waals surface area contributed by atoms with Crippen LogP contribution in [0.15, 0.2) is 54.7 Å². The van der Waals surface area contributed by atoms with E-state index >= 15 is 0 Å². The summed E-state index contributed by atoms with van der Waals surface area (Å²) in [4.78, 5) is 12.2. The zero-order valence-electron chi connectivity index (χ0n) is 16.1. The first-order valence-corrected chi connectivity index (χ1v) is 9.14. The number of nitrogens with one attached hydrogen (secondary N) is 1. The highest BCUT2D eigenvalue weighted by atomic mass is 19.4. The Morgan fingerprint density at radius 3 is 2.70 bits per heavy atom. The number of hydrogen-bond acceptors (Lipinski definition) is 4. The van der Waals surface area contributed by atoms with Crippen LogP contribution in [0.3, 0.4) is 0 Å². The van der Waals surface area contributed by atoms with Crippen molar-refractivity contribution in [3.63, 3.8) is 0 Å². The average molecular weight is 422 g/mol. The zero-order chi connectivity index (χ0) is 21.7. The molecule has 1 aromatic heterocycles. The number of aromatic nitrogens is 1. The Balaban J connectivity index is 1.48. The Labute approximate surface area is 170 Å². The van der Waals surface area contributed by atoms with Gasteiger partial charge < -0.3 is 24.5 Å². The van der Waals surface area contributed by atoms with Crippen molar-refractivity contribution in [2.45, 2.75) is 18.8 Å². The summed E-state index contributed by atoms with van der Waals surface area (Å²) in [5.41, 5.74) is 0.0266. The molecule has 0 radical (unpaired) electrons. The number of fused-ring (bicyclic) bond motifs is 1. The summed E-state index contributed by atoms with van der Waals surface area (Å²) in [6.45, 7) is -0.296. The van der Waals surface area contributed by atoms with Crippen molar-refractivity contribution in [1.29, 1.82) is 0 Å². The fourth-order valence-electron chi connectivity index (χ4n) is 2.90. The summed E-state index contributed by atoms with van der Waals surface area (Å²) in [5, 5.41) is 13.5. The first-order valence-electron chi connectivity index (χ1n) is 9.14. The molecular formula is C21H21F3N2O4. The molecule has 160 valence electrons. The first kappa shape index (κ1) is 21.5. The van der Waals surface area contributed by atoms with Gasteiger partial charge in [0.15, 0.2) is 0 Å². The third-order valence-electron chi connectivity index (χ3n) is 4.43. The number of alkyl halides is 3. The average Bonchev–Trinajstić information content (AvgIpc) is 3.12. The predicted molar refractivity (Wildman–Crippen MR) is 104 cm³/mol. The third kappa shape index (κ3) is 5.44. The lowest BCUT2D eigenvalue weighted by Crippen LogP contribution is -2.36. The number of aliphatic hydroxyl groups is 1. The van der Waals surface area contributed by atoms with Gasteiger partial charge >= 0.3 is 6.18 Å². The second-order valence-electron chi connectivity index (χ2n) is 6.66. The standard InChI is InChI=1S/C21H21F3N2O4/c1-29-17-5-6-19-14(9-17)7-8-26(19)12-20(28)25-11-16(27)13-30-18-4-2-3-15(10-18)21(22,23)24/h2-10,16,27H,11-13H2,1H3,(H,25,28). The van der Waals surface area contributed by atoms with E-state index in [-0.39, 0.29) is 31.4 Å². The van der Waals surface area contributed by atoms with E-state index in [0.717, 1.165) is 23.0 Å². The highest BCUT2D eigenvalue weighted by Crippen LogP contribution is 2.31. The van der Waals surface area contributed by atoms with Gasteiger partial charge in [-0.15, -0.1) is 0 Å². The molecule has 0 saturated carbocycles. The van der Waals surface area contributed by atoms with E-state index in [1.807, 2.05) is 18.2 Å². The van der Waals surface area contributed by atoms with Crippen LogP contribution in [0.1, 0.15) is 5.56 Å². The topological polar surface area (TPSA) is 72.7 Å². The zero-order valence-corrected chi connectivity index (χ0v) is 16.1. The number of methoxy groups -OCH3 is 1. The number of hydrogen-bond donors (Lipinski definition) is 2. The van der Waals surface area contributed by atoms with Crippen molar-refractivity contribution in [3.8, 4) is 11.5 Å². The highest BCUT2D eigenvalue weighted by Gasteiger charge is 2.30. The Morgan fingerprint density at radius 2 is 1.97 bits per heavy atom. The van der Waals surface area contributed by atoms with Gasteiger partial charge in [0, 0.05) is 23.6 Å². The number of rotatable bonds is 8. The van der Waals surface area contributed by atoms with Gasteiger partial charge in [0.2, 0.25) is 5.91 Å². The van der Waals surface area contributed by atoms with E-state index in [4.69, 9.17) is 9.47 Å². The number of aliphatic hydroxyl groups excluding tert-OH is 1. The summed E-state index contributed by atoms with van der Waals surface area (Å²) in [7, 11) is 1.58. The molecule has 0 saturated heterocycles. The Hall–Kier alpha value is -3.20. The fourth-order valence-corrected chi connectivity index (χ4v) is 2.90. The molecule has 0 aliphatic rings. The van der Waals surface area contributed by atoms with Crippen molar-refractivity contribution in [2.75, 3.05) is 20.3 Å². The summed E-state index contributed by atoms with van der Waals surface area (Å²) < 4.78 is 50.3. The fraction of sp³-hybridized carbons (Fsp3) is 0.286. The largest absolute Gasteiger partial charge is 0.497 e. The van der Waals surface area contributed by atoms with E-state index in [9.17, 15) is 23.1 Å². The Kier molecular flexibility index (Phi) is 6.51. The monoisotopic (exact) mass is 422 g/mol. The first-order chi connectivity index (χ1) is 14.3. The maximum absolute atomic E-state index is 12.7. The van der Waals surface area contributed by atoms with Gasteiger partial charge in [-0.1, -0.05) is 6.07 Å². The van der Waals surface area contributed by atoms with Gasteiger partial charge in [-0.2, -0.15) is 13.2 Å². The lowest BCUT2D eigenvalue weighted by Gasteiger charge is -2.15. The molecule has 1 amide bonds. The van der Waals surface area contributed by atoms with Gasteiger partial charge in [0.1, 0.15) is 30.8 Å². The van der Waals surface area contributed by atoms with E-state index in [1.165, 1.54) is 12.1 Å². The van der Waals surface area contributed by atoms with Crippen molar-refractivity contribution in [2.24, 2.45) is 0 Å². The molecule has 2 N–H and O–H groups in total. The second-order valence-corrected chi connectivity index (χ2v) is 6.66. The van der Waals surface area contributed by atoms with Gasteiger partial charge in [-0.3, -0.25) is 4.79 Å². The molecule has 9 heteroatoms. The molecule has 1 atom stereocenters. The predicted octanol–water partition coefficient (Wildman–Crippen LogP) is 3.22. The van der Waals surface area contributed by atoms with Crippen LogP contribution in [-0.2, 0) is 17.5 Å². The molecule has 30 heavy (non-hydrogen) atoms. The molecule has 0 aliphatic carbocycles. The highest BCUT2D eigenvalue weighted by molar-refractivity contribution is 5.84. The SMILES string of the molecule is COc1ccc2c(ccn2CC(=O)NCC(O)COc2cccc(C(F)(F)F)c2)c1. The number of carbonyl (C=O) groups excluding carboxylic acids is 1. The number of carbonyl (C=O) groups is 1. The van der Waals surface area contributed by atoms with E-state index in [1.54, 1.807) is 23.9 Å². The summed E-state index contributed by atoms with van der Waals surface area (Å²) in [6, 6.07) is 11.8. The molecule has 0 fully saturated rings. The number of nitrogens with zero attached hydrogens (tertiary/aromatic N) is 1. The second kappa shape index (κ2) is 9.08. The third-order valence-corrected chi connectivity index (χ3v) is 4.43. The Morgan fingerprint density at radius 1 is 1.17 bits per heavy atom. The van der Waals surface area contributed by atoms with Crippen molar-refractivity contribution < 1.29 is 32.5 Å². The summed E-state index contributed by atoms with van der Waals surface area (Å²) >= 11 is 0. The van der Waals surface area contributed by atoms with Gasteiger partial charge in [-0.05, 0) is 42.5 Å². The minimum absolute atomic E-state index is 0.00978. The maximum Gasteiger partial charge on any atom is 0.416 e. The minimum atomic E-state index is -4.47. The lowest BCUT2D eigenvalue weighted by molar-refractivity contribution is -0.137. The van der Waals surface area contributed by atoms with Crippen LogP contribution < -0.4 is 14.8 Å². The minimum Gasteiger partial charge on any atom is -0.497 e. The number of benzene rings is 2. The molecule has 0 spiro atoms. The molecule has 3 aromatic rings. The smallest absolute Gasteiger partial charge is 0.416 e. The normalized spacial score (nSPS) is 12.6. The molecule has 6 nitrogen and oxygen atoms in total. The number of ether oxygens (including phenoxy) is 2. The number of halogens is 3. The quantitative estimate of drug-likeness (QED) is 0.585. The molecule has 1 unspecified atom stereocenters. The van der Waals surface area contributed by atoms with Gasteiger partial charge in [0.05, 0.1) is 12.7 Å². The van der Waals surface area contributed by atoms with Gasteiger partial charge in [0.25, 0.3) is 0 Å². The van der Waals surface area contributed by atoms with Crippen LogP contribution in [0.2, 0.25) is 0 Å². The van der Waals surface area contributed by atoms with E-state index < -0.39 is 17.8 Å². The molecular weight excluding hydrogens is 401 g/mol. The summed E-state index contributed by atoms with van der Waals surface area (Å²) in [5.74, 6) is 0.388. The van der Waals surface area contributed by atoms with Gasteiger partial charge in [-0.25, -0.2) is 0 Å². The van der Waals surface area contributed by atoms with E-state index in [2.05, 4.69) is 5.32 Å². The number of amides is 1. The van der Waals surface area contributed by atoms with E-state index in [0.29, 0.717) is 5.75 Å². The lowest BCUT2D eigenvalue weighted by atomic mass is 10.2. The van der Waals surface area contributed by atoms with Crippen molar-refractivity contribution in [3.05, 3.63) is 60.3 Å². The molecule has 3 rings (SSSR count). The van der Waals surface area contributed by atoms with Crippen LogP contribution in [0.5, 0.6) is 11.5 Å². The van der Waals surface area contributed by atoms with Crippen LogP contribution in [0, 0.1) is 0 Å². The maximum atomic E-state index is 12.7. The molecule has 0 bridgehead atoms. The summed E-state index contributed by atoms with van der Waals surface area (Å²) in [6.07, 6.45) is -3.77. The van der Waals surface area contributed by atoms with Crippen LogP contribution in [-0.4, -0.2) is 41.9 Å². The van der Waals surface area contributed by atoms with Crippen molar-refractivity contribution >= 4 is 16.8 Å². The molecule has 2 aromatic carbocycles. The molecule has 1 heterocycles.